The van der Waals surface area contributed by atoms with Gasteiger partial charge in [-0.05, 0) is 24.6 Å². The van der Waals surface area contributed by atoms with Gasteiger partial charge in [-0.2, -0.15) is 0 Å². The topological polar surface area (TPSA) is 9.23 Å². The van der Waals surface area contributed by atoms with E-state index >= 15 is 0 Å². The van der Waals surface area contributed by atoms with E-state index in [0.29, 0.717) is 0 Å². The Labute approximate surface area is 73.7 Å². The van der Waals surface area contributed by atoms with Crippen molar-refractivity contribution < 1.29 is 4.74 Å². The molecule has 1 heteroatoms. The highest BCUT2D eigenvalue weighted by Gasteiger charge is 1.85. The predicted octanol–water partition coefficient (Wildman–Crippen LogP) is 3.18. The highest BCUT2D eigenvalue weighted by Crippen LogP contribution is 2.07. The van der Waals surface area contributed by atoms with Gasteiger partial charge in [0.05, 0.1) is 0 Å². The minimum absolute atomic E-state index is 0.838. The summed E-state index contributed by atoms with van der Waals surface area (Å²) >= 11 is 0. The number of allylic oxidation sites excluding steroid dienone is 1. The zero-order valence-corrected chi connectivity index (χ0v) is 7.29. The van der Waals surface area contributed by atoms with Crippen LogP contribution in [0.15, 0.2) is 36.4 Å². The third-order valence-electron chi connectivity index (χ3n) is 1.44. The van der Waals surface area contributed by atoms with Crippen LogP contribution >= 0.6 is 0 Å². The van der Waals surface area contributed by atoms with Crippen LogP contribution in [0.1, 0.15) is 19.8 Å². The van der Waals surface area contributed by atoms with E-state index in [1.807, 2.05) is 36.4 Å². The van der Waals surface area contributed by atoms with E-state index < -0.39 is 0 Å². The average molecular weight is 161 g/mol. The second-order valence-corrected chi connectivity index (χ2v) is 2.53. The fourth-order valence-electron chi connectivity index (χ4n) is 0.802. The number of benzene rings is 1. The van der Waals surface area contributed by atoms with E-state index in [-0.39, 0.29) is 0 Å². The van der Waals surface area contributed by atoms with Gasteiger partial charge in [-0.3, -0.25) is 0 Å². The summed E-state index contributed by atoms with van der Waals surface area (Å²) < 4.78 is 5.20. The van der Waals surface area contributed by atoms with Crippen molar-refractivity contribution >= 4 is 0 Å². The summed E-state index contributed by atoms with van der Waals surface area (Å²) in [6.07, 6.45) is 6.84. The molecule has 0 aromatic heterocycles. The molecule has 0 aliphatic carbocycles. The Morgan fingerprint density at radius 2 is 2.08 bits per heavy atom. The van der Waals surface area contributed by atoms with E-state index in [4.69, 9.17) is 4.74 Å². The van der Waals surface area contributed by atoms with Crippen molar-refractivity contribution in [3.05, 3.63) is 42.7 Å². The summed E-state index contributed by atoms with van der Waals surface area (Å²) in [6.45, 7) is 2.13. The highest BCUT2D eigenvalue weighted by molar-refractivity contribution is 5.21. The Morgan fingerprint density at radius 1 is 1.33 bits per heavy atom. The van der Waals surface area contributed by atoms with Crippen LogP contribution in [0.3, 0.4) is 0 Å². The third-order valence-corrected chi connectivity index (χ3v) is 1.44. The molecule has 0 heterocycles. The van der Waals surface area contributed by atoms with Gasteiger partial charge in [0.2, 0.25) is 0 Å². The number of para-hydroxylation sites is 1. The summed E-state index contributed by atoms with van der Waals surface area (Å²) in [7, 11) is 0. The van der Waals surface area contributed by atoms with Crippen LogP contribution in [-0.4, -0.2) is 0 Å². The van der Waals surface area contributed by atoms with Crippen molar-refractivity contribution in [2.75, 3.05) is 0 Å². The van der Waals surface area contributed by atoms with Crippen LogP contribution in [-0.2, 0) is 0 Å². The predicted molar refractivity (Wildman–Crippen MR) is 49.8 cm³/mol. The molecule has 0 fully saturated rings. The van der Waals surface area contributed by atoms with Crippen LogP contribution in [0.5, 0.6) is 5.75 Å². The maximum absolute atomic E-state index is 5.20. The fourth-order valence-corrected chi connectivity index (χ4v) is 0.802. The van der Waals surface area contributed by atoms with Crippen molar-refractivity contribution in [2.24, 2.45) is 0 Å². The van der Waals surface area contributed by atoms with Crippen molar-refractivity contribution in [1.29, 1.82) is 0 Å². The van der Waals surface area contributed by atoms with Crippen molar-refractivity contribution in [1.82, 2.24) is 0 Å². The maximum Gasteiger partial charge on any atom is 0.165 e. The number of hydrogen-bond acceptors (Lipinski definition) is 1. The van der Waals surface area contributed by atoms with Gasteiger partial charge in [0.1, 0.15) is 5.75 Å². The van der Waals surface area contributed by atoms with Crippen molar-refractivity contribution in [2.45, 2.75) is 19.8 Å². The molecule has 0 N–H and O–H groups in total. The Kier molecular flexibility index (Phi) is 4.00. The number of ether oxygens (including phenoxy) is 1. The van der Waals surface area contributed by atoms with Crippen LogP contribution in [0.4, 0.5) is 0 Å². The molecule has 0 amide bonds. The molecule has 0 unspecified atom stereocenters. The molecule has 0 spiro atoms. The van der Waals surface area contributed by atoms with Crippen LogP contribution in [0, 0.1) is 6.26 Å². The second kappa shape index (κ2) is 5.42. The van der Waals surface area contributed by atoms with Crippen molar-refractivity contribution in [3.8, 4) is 5.75 Å². The number of rotatable bonds is 4. The normalized spacial score (nSPS) is 10.4. The van der Waals surface area contributed by atoms with Gasteiger partial charge < -0.3 is 4.74 Å². The molecule has 63 valence electrons. The monoisotopic (exact) mass is 161 g/mol. The minimum atomic E-state index is 0.838. The fraction of sp³-hybridized carbons (Fsp3) is 0.273. The first-order chi connectivity index (χ1) is 5.93. The highest BCUT2D eigenvalue weighted by atomic mass is 16.5. The van der Waals surface area contributed by atoms with Gasteiger partial charge in [-0.25, -0.2) is 0 Å². The third kappa shape index (κ3) is 3.24. The van der Waals surface area contributed by atoms with E-state index in [1.165, 1.54) is 0 Å². The van der Waals surface area contributed by atoms with Crippen LogP contribution in [0.25, 0.3) is 0 Å². The zero-order valence-electron chi connectivity index (χ0n) is 7.29. The van der Waals surface area contributed by atoms with E-state index in [0.717, 1.165) is 18.6 Å². The molecule has 1 radical (unpaired) electrons. The largest absolute Gasteiger partial charge is 0.454 e. The first-order valence-electron chi connectivity index (χ1n) is 4.22. The standard InChI is InChI=1S/C11H13O/c1-2-3-7-10-12-11-8-5-4-6-9-11/h4-9H,2-3H2,1H3. The first kappa shape index (κ1) is 8.85. The van der Waals surface area contributed by atoms with E-state index in [9.17, 15) is 0 Å². The smallest absolute Gasteiger partial charge is 0.165 e. The first-order valence-corrected chi connectivity index (χ1v) is 4.22. The second-order valence-electron chi connectivity index (χ2n) is 2.53. The lowest BCUT2D eigenvalue weighted by Crippen LogP contribution is -1.81. The van der Waals surface area contributed by atoms with Gasteiger partial charge >= 0.3 is 0 Å². The van der Waals surface area contributed by atoms with Gasteiger partial charge in [0.15, 0.2) is 6.26 Å². The molecular weight excluding hydrogens is 148 g/mol. The van der Waals surface area contributed by atoms with Crippen LogP contribution < -0.4 is 4.74 Å². The summed E-state index contributed by atoms with van der Waals surface area (Å²) in [5.74, 6) is 0.838. The minimum Gasteiger partial charge on any atom is -0.454 e. The molecule has 1 rings (SSSR count). The van der Waals surface area contributed by atoms with Gasteiger partial charge in [0, 0.05) is 0 Å². The summed E-state index contributed by atoms with van der Waals surface area (Å²) in [5, 5.41) is 0. The SMILES string of the molecule is CCC/C=[C]\Oc1ccccc1. The quantitative estimate of drug-likeness (QED) is 0.616. The Hall–Kier alpha value is -1.24. The summed E-state index contributed by atoms with van der Waals surface area (Å²) in [5.41, 5.74) is 0. The summed E-state index contributed by atoms with van der Waals surface area (Å²) in [4.78, 5) is 0. The number of hydrogen-bond donors (Lipinski definition) is 0. The Morgan fingerprint density at radius 3 is 2.75 bits per heavy atom. The maximum atomic E-state index is 5.20. The summed E-state index contributed by atoms with van der Waals surface area (Å²) in [6, 6.07) is 9.66. The average Bonchev–Trinajstić information content (AvgIpc) is 2.14. The molecule has 0 atom stereocenters. The lowest BCUT2D eigenvalue weighted by Gasteiger charge is -1.95. The van der Waals surface area contributed by atoms with Crippen LogP contribution in [0.2, 0.25) is 0 Å². The molecular formula is C11H13O. The lowest BCUT2D eigenvalue weighted by molar-refractivity contribution is 0.450. The van der Waals surface area contributed by atoms with E-state index in [2.05, 4.69) is 13.2 Å². The van der Waals surface area contributed by atoms with Gasteiger partial charge in [-0.1, -0.05) is 31.5 Å². The van der Waals surface area contributed by atoms with Crippen molar-refractivity contribution in [3.63, 3.8) is 0 Å². The molecule has 1 aromatic rings. The Balaban J connectivity index is 2.33. The van der Waals surface area contributed by atoms with E-state index in [1.54, 1.807) is 0 Å². The molecule has 0 aliphatic rings. The molecule has 0 saturated heterocycles. The number of unbranched alkanes of at least 4 members (excludes halogenated alkanes) is 1. The van der Waals surface area contributed by atoms with Gasteiger partial charge in [0.25, 0.3) is 0 Å². The lowest BCUT2D eigenvalue weighted by atomic mass is 10.3. The molecule has 0 aliphatic heterocycles. The molecule has 12 heavy (non-hydrogen) atoms. The molecule has 1 nitrogen and oxygen atoms in total. The molecule has 0 bridgehead atoms. The zero-order chi connectivity index (χ0) is 8.65. The molecule has 0 saturated carbocycles. The molecule has 1 aromatic carbocycles. The Bertz CT molecular complexity index is 226. The van der Waals surface area contributed by atoms with Gasteiger partial charge in [-0.15, -0.1) is 0 Å².